The molecular weight excluding hydrogens is 322 g/mol. The van der Waals surface area contributed by atoms with Crippen molar-refractivity contribution in [2.24, 2.45) is 0 Å². The third-order valence-electron chi connectivity index (χ3n) is 4.70. The zero-order valence-electron chi connectivity index (χ0n) is 14.3. The number of ether oxygens (including phenoxy) is 1. The maximum absolute atomic E-state index is 12.6. The maximum atomic E-state index is 12.6. The SMILES string of the molecule is CCOc1ccc(NC(=O)CN2C(=O)NC3(CCCCC3)C2=O)cc1. The summed E-state index contributed by atoms with van der Waals surface area (Å²) < 4.78 is 5.35. The standard InChI is InChI=1S/C18H23N3O4/c1-2-25-14-8-6-13(7-9-14)19-15(22)12-21-16(23)18(20-17(21)24)10-4-3-5-11-18/h6-9H,2-5,10-12H2,1H3,(H,19,22)(H,20,24). The second-order valence-electron chi connectivity index (χ2n) is 6.47. The molecule has 1 aliphatic heterocycles. The number of benzene rings is 1. The zero-order chi connectivity index (χ0) is 17.9. The second kappa shape index (κ2) is 7.13. The minimum absolute atomic E-state index is 0.278. The molecule has 0 aromatic heterocycles. The van der Waals surface area contributed by atoms with Crippen molar-refractivity contribution in [2.45, 2.75) is 44.6 Å². The summed E-state index contributed by atoms with van der Waals surface area (Å²) in [5.41, 5.74) is -0.206. The molecule has 4 amide bonds. The van der Waals surface area contributed by atoms with Gasteiger partial charge in [-0.25, -0.2) is 4.79 Å². The normalized spacial score (nSPS) is 19.0. The van der Waals surface area contributed by atoms with Gasteiger partial charge in [-0.1, -0.05) is 19.3 Å². The number of anilines is 1. The molecule has 0 unspecified atom stereocenters. The Morgan fingerprint density at radius 3 is 2.52 bits per heavy atom. The lowest BCUT2D eigenvalue weighted by molar-refractivity contribution is -0.134. The third-order valence-corrected chi connectivity index (χ3v) is 4.70. The van der Waals surface area contributed by atoms with Gasteiger partial charge in [-0.15, -0.1) is 0 Å². The molecule has 1 saturated heterocycles. The predicted molar refractivity (Wildman–Crippen MR) is 92.3 cm³/mol. The number of carbonyl (C=O) groups excluding carboxylic acids is 3. The number of nitrogens with one attached hydrogen (secondary N) is 2. The van der Waals surface area contributed by atoms with Gasteiger partial charge in [-0.05, 0) is 44.0 Å². The van der Waals surface area contributed by atoms with Gasteiger partial charge < -0.3 is 15.4 Å². The van der Waals surface area contributed by atoms with Crippen molar-refractivity contribution in [1.29, 1.82) is 0 Å². The summed E-state index contributed by atoms with van der Waals surface area (Å²) in [6, 6.07) is 6.47. The van der Waals surface area contributed by atoms with Crippen LogP contribution in [0.25, 0.3) is 0 Å². The van der Waals surface area contributed by atoms with Gasteiger partial charge in [-0.2, -0.15) is 0 Å². The summed E-state index contributed by atoms with van der Waals surface area (Å²) in [5.74, 6) is 0.0356. The molecule has 0 bridgehead atoms. The smallest absolute Gasteiger partial charge is 0.325 e. The van der Waals surface area contributed by atoms with Crippen LogP contribution in [0.1, 0.15) is 39.0 Å². The highest BCUT2D eigenvalue weighted by Crippen LogP contribution is 2.33. The van der Waals surface area contributed by atoms with Crippen molar-refractivity contribution in [3.05, 3.63) is 24.3 Å². The fourth-order valence-corrected chi connectivity index (χ4v) is 3.46. The highest BCUT2D eigenvalue weighted by atomic mass is 16.5. The minimum Gasteiger partial charge on any atom is -0.494 e. The van der Waals surface area contributed by atoms with Gasteiger partial charge >= 0.3 is 6.03 Å². The summed E-state index contributed by atoms with van der Waals surface area (Å²) in [6.45, 7) is 2.19. The van der Waals surface area contributed by atoms with Gasteiger partial charge in [0.2, 0.25) is 5.91 Å². The Morgan fingerprint density at radius 1 is 1.20 bits per heavy atom. The first-order valence-corrected chi connectivity index (χ1v) is 8.71. The van der Waals surface area contributed by atoms with E-state index in [1.807, 2.05) is 6.92 Å². The summed E-state index contributed by atoms with van der Waals surface area (Å²) >= 11 is 0. The molecule has 7 nitrogen and oxygen atoms in total. The van der Waals surface area contributed by atoms with Crippen LogP contribution in [-0.4, -0.2) is 41.4 Å². The van der Waals surface area contributed by atoms with E-state index in [-0.39, 0.29) is 12.5 Å². The van der Waals surface area contributed by atoms with Crippen molar-refractivity contribution >= 4 is 23.5 Å². The number of urea groups is 1. The zero-order valence-corrected chi connectivity index (χ0v) is 14.3. The number of nitrogens with zero attached hydrogens (tertiary/aromatic N) is 1. The average Bonchev–Trinajstić information content (AvgIpc) is 2.82. The van der Waals surface area contributed by atoms with Crippen molar-refractivity contribution in [3.63, 3.8) is 0 Å². The van der Waals surface area contributed by atoms with E-state index in [0.29, 0.717) is 30.9 Å². The predicted octanol–water partition coefficient (Wildman–Crippen LogP) is 2.28. The molecule has 1 aromatic rings. The van der Waals surface area contributed by atoms with E-state index < -0.39 is 17.5 Å². The summed E-state index contributed by atoms with van der Waals surface area (Å²) in [7, 11) is 0. The number of amides is 4. The second-order valence-corrected chi connectivity index (χ2v) is 6.47. The summed E-state index contributed by atoms with van der Waals surface area (Å²) in [4.78, 5) is 38.1. The summed E-state index contributed by atoms with van der Waals surface area (Å²) in [6.07, 6.45) is 4.20. The van der Waals surface area contributed by atoms with E-state index in [1.165, 1.54) is 0 Å². The van der Waals surface area contributed by atoms with E-state index in [4.69, 9.17) is 4.74 Å². The topological polar surface area (TPSA) is 87.7 Å². The van der Waals surface area contributed by atoms with Crippen molar-refractivity contribution < 1.29 is 19.1 Å². The van der Waals surface area contributed by atoms with Crippen molar-refractivity contribution in [3.8, 4) is 5.75 Å². The van der Waals surface area contributed by atoms with Crippen LogP contribution in [0.15, 0.2) is 24.3 Å². The van der Waals surface area contributed by atoms with E-state index in [2.05, 4.69) is 10.6 Å². The van der Waals surface area contributed by atoms with Gasteiger partial charge in [0.05, 0.1) is 6.61 Å². The van der Waals surface area contributed by atoms with Gasteiger partial charge in [-0.3, -0.25) is 14.5 Å². The number of carbonyl (C=O) groups is 3. The molecule has 25 heavy (non-hydrogen) atoms. The molecule has 0 radical (unpaired) electrons. The molecule has 1 saturated carbocycles. The van der Waals surface area contributed by atoms with Crippen molar-refractivity contribution in [2.75, 3.05) is 18.5 Å². The number of hydrogen-bond donors (Lipinski definition) is 2. The van der Waals surface area contributed by atoms with Crippen LogP contribution >= 0.6 is 0 Å². The fraction of sp³-hybridized carbons (Fsp3) is 0.500. The van der Waals surface area contributed by atoms with Crippen LogP contribution in [0.4, 0.5) is 10.5 Å². The third kappa shape index (κ3) is 3.60. The lowest BCUT2D eigenvalue weighted by Crippen LogP contribution is -2.48. The van der Waals surface area contributed by atoms with E-state index >= 15 is 0 Å². The first-order chi connectivity index (χ1) is 12.0. The number of imide groups is 1. The van der Waals surface area contributed by atoms with Crippen molar-refractivity contribution in [1.82, 2.24) is 10.2 Å². The number of hydrogen-bond acceptors (Lipinski definition) is 4. The lowest BCUT2D eigenvalue weighted by atomic mass is 9.82. The highest BCUT2D eigenvalue weighted by molar-refractivity contribution is 6.10. The van der Waals surface area contributed by atoms with Gasteiger partial charge in [0.15, 0.2) is 0 Å². The molecule has 1 aromatic carbocycles. The quantitative estimate of drug-likeness (QED) is 0.802. The van der Waals surface area contributed by atoms with Crippen LogP contribution in [0, 0.1) is 0 Å². The van der Waals surface area contributed by atoms with Crippen LogP contribution in [0.3, 0.4) is 0 Å². The molecule has 2 aliphatic rings. The van der Waals surface area contributed by atoms with E-state index in [9.17, 15) is 14.4 Å². The molecule has 1 spiro atoms. The first kappa shape index (κ1) is 17.3. The van der Waals surface area contributed by atoms with Gasteiger partial charge in [0.1, 0.15) is 17.8 Å². The Morgan fingerprint density at radius 2 is 1.88 bits per heavy atom. The molecular formula is C18H23N3O4. The lowest BCUT2D eigenvalue weighted by Gasteiger charge is -2.30. The average molecular weight is 345 g/mol. The Hall–Kier alpha value is -2.57. The molecule has 1 heterocycles. The molecule has 1 aliphatic carbocycles. The van der Waals surface area contributed by atoms with Crippen LogP contribution in [0.5, 0.6) is 5.75 Å². The Balaban J connectivity index is 1.60. The Kier molecular flexibility index (Phi) is 4.92. The molecule has 3 rings (SSSR count). The van der Waals surface area contributed by atoms with Crippen LogP contribution in [-0.2, 0) is 9.59 Å². The monoisotopic (exact) mass is 345 g/mol. The van der Waals surface area contributed by atoms with E-state index in [0.717, 1.165) is 24.2 Å². The first-order valence-electron chi connectivity index (χ1n) is 8.71. The minimum atomic E-state index is -0.797. The molecule has 0 atom stereocenters. The van der Waals surface area contributed by atoms with Gasteiger partial charge in [0, 0.05) is 5.69 Å². The highest BCUT2D eigenvalue weighted by Gasteiger charge is 2.51. The fourth-order valence-electron chi connectivity index (χ4n) is 3.46. The number of rotatable bonds is 5. The maximum Gasteiger partial charge on any atom is 0.325 e. The molecule has 134 valence electrons. The van der Waals surface area contributed by atoms with Crippen LogP contribution < -0.4 is 15.4 Å². The Labute approximate surface area is 146 Å². The molecule has 2 fully saturated rings. The molecule has 7 heteroatoms. The summed E-state index contributed by atoms with van der Waals surface area (Å²) in [5, 5.41) is 5.50. The largest absolute Gasteiger partial charge is 0.494 e. The Bertz CT molecular complexity index is 665. The van der Waals surface area contributed by atoms with E-state index in [1.54, 1.807) is 24.3 Å². The van der Waals surface area contributed by atoms with Crippen LogP contribution in [0.2, 0.25) is 0 Å². The van der Waals surface area contributed by atoms with Gasteiger partial charge in [0.25, 0.3) is 5.91 Å². The molecule has 2 N–H and O–H groups in total.